The Morgan fingerprint density at radius 2 is 2.04 bits per heavy atom. The number of thiazole rings is 1. The topological polar surface area (TPSA) is 82.5 Å². The van der Waals surface area contributed by atoms with Gasteiger partial charge in [-0.05, 0) is 12.8 Å². The molecule has 0 radical (unpaired) electrons. The number of hydrogen-bond donors (Lipinski definition) is 2. The second kappa shape index (κ2) is 7.52. The lowest BCUT2D eigenvalue weighted by molar-refractivity contribution is -0.147. The maximum Gasteiger partial charge on any atom is 0.266 e. The van der Waals surface area contributed by atoms with Crippen molar-refractivity contribution in [3.8, 4) is 0 Å². The largest absolute Gasteiger partial charge is 0.384 e. The van der Waals surface area contributed by atoms with Gasteiger partial charge in [0.15, 0.2) is 5.13 Å². The number of hydrogen-bond acceptors (Lipinski definition) is 5. The van der Waals surface area contributed by atoms with Gasteiger partial charge >= 0.3 is 0 Å². The van der Waals surface area contributed by atoms with Crippen LogP contribution < -0.4 is 5.32 Å². The number of aromatic nitrogens is 1. The van der Waals surface area contributed by atoms with Crippen molar-refractivity contribution in [3.63, 3.8) is 0 Å². The molecule has 0 aromatic carbocycles. The van der Waals surface area contributed by atoms with Crippen LogP contribution >= 0.6 is 11.3 Å². The van der Waals surface area contributed by atoms with Gasteiger partial charge in [-0.15, -0.1) is 11.3 Å². The smallest absolute Gasteiger partial charge is 0.266 e. The van der Waals surface area contributed by atoms with Crippen molar-refractivity contribution in [2.75, 3.05) is 18.4 Å². The lowest BCUT2D eigenvalue weighted by Gasteiger charge is -2.37. The number of aliphatic hydroxyl groups is 1. The van der Waals surface area contributed by atoms with Crippen molar-refractivity contribution < 1.29 is 23.5 Å². The predicted molar refractivity (Wildman–Crippen MR) is 86.1 cm³/mol. The summed E-state index contributed by atoms with van der Waals surface area (Å²) in [6.07, 6.45) is -3.03. The highest BCUT2D eigenvalue weighted by atomic mass is 32.1. The number of alkyl halides is 2. The Hall–Kier alpha value is -1.61. The van der Waals surface area contributed by atoms with E-state index in [4.69, 9.17) is 0 Å². The molecule has 6 nitrogen and oxygen atoms in total. The lowest BCUT2D eigenvalue weighted by Crippen LogP contribution is -2.50. The van der Waals surface area contributed by atoms with Crippen LogP contribution in [0.2, 0.25) is 0 Å². The SMILES string of the molecule is CC(C)C(=O)Nc1nc(CC(=O)N2CCC(O)(C(F)F)CC2)cs1. The Balaban J connectivity index is 1.87. The predicted octanol–water partition coefficient (Wildman–Crippen LogP) is 1.90. The van der Waals surface area contributed by atoms with Gasteiger partial charge in [-0.2, -0.15) is 0 Å². The van der Waals surface area contributed by atoms with Crippen molar-refractivity contribution in [3.05, 3.63) is 11.1 Å². The summed E-state index contributed by atoms with van der Waals surface area (Å²) in [5.41, 5.74) is -1.47. The Morgan fingerprint density at radius 3 is 2.58 bits per heavy atom. The third-order valence-corrected chi connectivity index (χ3v) is 4.83. The van der Waals surface area contributed by atoms with Crippen LogP contribution in [0.25, 0.3) is 0 Å². The Labute approximate surface area is 142 Å². The molecule has 1 aliphatic heterocycles. The second-order valence-electron chi connectivity index (χ2n) is 6.25. The summed E-state index contributed by atoms with van der Waals surface area (Å²) in [6, 6.07) is 0. The third-order valence-electron chi connectivity index (χ3n) is 4.03. The van der Waals surface area contributed by atoms with Crippen molar-refractivity contribution in [1.82, 2.24) is 9.88 Å². The fourth-order valence-electron chi connectivity index (χ4n) is 2.32. The molecular formula is C15H21F2N3O3S. The number of nitrogens with one attached hydrogen (secondary N) is 1. The molecule has 9 heteroatoms. The summed E-state index contributed by atoms with van der Waals surface area (Å²) in [5, 5.41) is 14.5. The molecule has 0 bridgehead atoms. The number of carbonyl (C=O) groups excluding carboxylic acids is 2. The summed E-state index contributed by atoms with van der Waals surface area (Å²) in [5.74, 6) is -0.538. The fraction of sp³-hybridized carbons (Fsp3) is 0.667. The average molecular weight is 361 g/mol. The van der Waals surface area contributed by atoms with E-state index in [1.165, 1.54) is 16.2 Å². The van der Waals surface area contributed by atoms with Gasteiger partial charge in [-0.1, -0.05) is 13.8 Å². The van der Waals surface area contributed by atoms with E-state index in [1.54, 1.807) is 19.2 Å². The molecule has 1 aliphatic rings. The van der Waals surface area contributed by atoms with E-state index in [9.17, 15) is 23.5 Å². The molecule has 0 atom stereocenters. The number of carbonyl (C=O) groups is 2. The zero-order valence-electron chi connectivity index (χ0n) is 13.6. The van der Waals surface area contributed by atoms with Gasteiger partial charge < -0.3 is 15.3 Å². The number of anilines is 1. The number of piperidine rings is 1. The molecule has 1 saturated heterocycles. The number of amides is 2. The first-order valence-corrected chi connectivity index (χ1v) is 8.63. The monoisotopic (exact) mass is 361 g/mol. The zero-order chi connectivity index (χ0) is 17.9. The van der Waals surface area contributed by atoms with E-state index in [0.29, 0.717) is 10.8 Å². The molecular weight excluding hydrogens is 340 g/mol. The highest BCUT2D eigenvalue weighted by molar-refractivity contribution is 7.13. The van der Waals surface area contributed by atoms with Crippen molar-refractivity contribution >= 4 is 28.3 Å². The summed E-state index contributed by atoms with van der Waals surface area (Å²) in [4.78, 5) is 29.5. The van der Waals surface area contributed by atoms with E-state index in [-0.39, 0.29) is 50.1 Å². The van der Waals surface area contributed by atoms with E-state index in [2.05, 4.69) is 10.3 Å². The van der Waals surface area contributed by atoms with Gasteiger partial charge in [0.1, 0.15) is 5.60 Å². The summed E-state index contributed by atoms with van der Waals surface area (Å²) in [6.45, 7) is 3.73. The molecule has 2 amide bonds. The number of likely N-dealkylation sites (tertiary alicyclic amines) is 1. The standard InChI is InChI=1S/C15H21F2N3O3S/c1-9(2)12(22)19-14-18-10(8-24-14)7-11(21)20-5-3-15(23,4-6-20)13(16)17/h8-9,13,23H,3-7H2,1-2H3,(H,18,19,22). The maximum atomic E-state index is 12.7. The van der Waals surface area contributed by atoms with Crippen LogP contribution in [0.5, 0.6) is 0 Å². The normalized spacial score (nSPS) is 17.4. The minimum absolute atomic E-state index is 0.0428. The molecule has 24 heavy (non-hydrogen) atoms. The Bertz CT molecular complexity index is 599. The number of halogens is 2. The molecule has 0 spiro atoms. The van der Waals surface area contributed by atoms with Crippen LogP contribution in [-0.2, 0) is 16.0 Å². The molecule has 1 aromatic heterocycles. The molecule has 0 saturated carbocycles. The van der Waals surface area contributed by atoms with Crippen molar-refractivity contribution in [2.24, 2.45) is 5.92 Å². The fourth-order valence-corrected chi connectivity index (χ4v) is 3.04. The highest BCUT2D eigenvalue weighted by Gasteiger charge is 2.41. The maximum absolute atomic E-state index is 12.7. The minimum Gasteiger partial charge on any atom is -0.384 e. The van der Waals surface area contributed by atoms with E-state index in [0.717, 1.165) is 0 Å². The first-order chi connectivity index (χ1) is 11.2. The minimum atomic E-state index is -2.81. The van der Waals surface area contributed by atoms with E-state index in [1.807, 2.05) is 0 Å². The quantitative estimate of drug-likeness (QED) is 0.839. The van der Waals surface area contributed by atoms with E-state index < -0.39 is 12.0 Å². The zero-order valence-corrected chi connectivity index (χ0v) is 14.4. The summed E-state index contributed by atoms with van der Waals surface area (Å²) in [7, 11) is 0. The molecule has 1 aromatic rings. The summed E-state index contributed by atoms with van der Waals surface area (Å²) < 4.78 is 25.5. The van der Waals surface area contributed by atoms with Gasteiger partial charge in [0.25, 0.3) is 6.43 Å². The molecule has 1 fully saturated rings. The molecule has 2 rings (SSSR count). The van der Waals surface area contributed by atoms with Gasteiger partial charge in [0.2, 0.25) is 11.8 Å². The molecule has 134 valence electrons. The molecule has 2 heterocycles. The molecule has 0 unspecified atom stereocenters. The van der Waals surface area contributed by atoms with Crippen LogP contribution in [0.4, 0.5) is 13.9 Å². The number of nitrogens with zero attached hydrogens (tertiary/aromatic N) is 2. The highest BCUT2D eigenvalue weighted by Crippen LogP contribution is 2.29. The average Bonchev–Trinajstić information content (AvgIpc) is 2.94. The van der Waals surface area contributed by atoms with Crippen molar-refractivity contribution in [1.29, 1.82) is 0 Å². The van der Waals surface area contributed by atoms with Crippen LogP contribution in [-0.4, -0.2) is 51.9 Å². The van der Waals surface area contributed by atoms with Crippen molar-refractivity contribution in [2.45, 2.75) is 45.1 Å². The van der Waals surface area contributed by atoms with Gasteiger partial charge in [0, 0.05) is 24.4 Å². The third kappa shape index (κ3) is 4.47. The van der Waals surface area contributed by atoms with Crippen LogP contribution in [0, 0.1) is 5.92 Å². The lowest BCUT2D eigenvalue weighted by atomic mass is 9.92. The Morgan fingerprint density at radius 1 is 1.42 bits per heavy atom. The van der Waals surface area contributed by atoms with Gasteiger partial charge in [0.05, 0.1) is 12.1 Å². The van der Waals surface area contributed by atoms with Crippen LogP contribution in [0.3, 0.4) is 0 Å². The van der Waals surface area contributed by atoms with E-state index >= 15 is 0 Å². The summed E-state index contributed by atoms with van der Waals surface area (Å²) >= 11 is 1.23. The Kier molecular flexibility index (Phi) is 5.87. The van der Waals surface area contributed by atoms with Crippen LogP contribution in [0.1, 0.15) is 32.4 Å². The molecule has 2 N–H and O–H groups in total. The number of rotatable bonds is 5. The van der Waals surface area contributed by atoms with Gasteiger partial charge in [-0.3, -0.25) is 9.59 Å². The van der Waals surface area contributed by atoms with Crippen LogP contribution in [0.15, 0.2) is 5.38 Å². The second-order valence-corrected chi connectivity index (χ2v) is 7.11. The first-order valence-electron chi connectivity index (χ1n) is 7.75. The first kappa shape index (κ1) is 18.7. The molecule has 0 aliphatic carbocycles. The van der Waals surface area contributed by atoms with Gasteiger partial charge in [-0.25, -0.2) is 13.8 Å².